The van der Waals surface area contributed by atoms with E-state index in [2.05, 4.69) is 18.7 Å². The molecule has 0 saturated carbocycles. The van der Waals surface area contributed by atoms with Gasteiger partial charge < -0.3 is 9.47 Å². The van der Waals surface area contributed by atoms with Crippen LogP contribution in [0.1, 0.15) is 48.0 Å². The lowest BCUT2D eigenvalue weighted by atomic mass is 9.90. The standard InChI is InChI=1S/C15H16O3.3C2H6/c1-10-13-5-3-2-4-11-8-15(16)18-14(11)7-6-12(13)9-17-10;3*1-2/h2-7,11-14H,1,8-9H2;3*1-2H3/b4-2+,5-3-,7-6+;;;. The first kappa shape index (κ1) is 22.2. The fraction of sp³-hybridized carbons (Fsp3) is 0.571. The molecule has 2 heterocycles. The van der Waals surface area contributed by atoms with E-state index in [0.717, 1.165) is 5.76 Å². The molecule has 0 amide bonds. The fourth-order valence-corrected chi connectivity index (χ4v) is 2.67. The molecule has 0 radical (unpaired) electrons. The molecular formula is C21H34O3. The summed E-state index contributed by atoms with van der Waals surface area (Å²) in [5.74, 6) is 1.36. The molecule has 0 N–H and O–H groups in total. The normalized spacial score (nSPS) is 33.2. The summed E-state index contributed by atoms with van der Waals surface area (Å²) in [4.78, 5) is 11.3. The van der Waals surface area contributed by atoms with Gasteiger partial charge in [0.1, 0.15) is 6.10 Å². The number of allylic oxidation sites excluding steroid dienone is 3. The largest absolute Gasteiger partial charge is 0.497 e. The average molecular weight is 335 g/mol. The van der Waals surface area contributed by atoms with Crippen LogP contribution < -0.4 is 0 Å². The van der Waals surface area contributed by atoms with Gasteiger partial charge in [0.15, 0.2) is 0 Å². The van der Waals surface area contributed by atoms with Crippen molar-refractivity contribution in [3.05, 3.63) is 48.8 Å². The van der Waals surface area contributed by atoms with Crippen LogP contribution in [-0.4, -0.2) is 18.7 Å². The Morgan fingerprint density at radius 3 is 2.21 bits per heavy atom. The van der Waals surface area contributed by atoms with Crippen molar-refractivity contribution < 1.29 is 14.3 Å². The summed E-state index contributed by atoms with van der Waals surface area (Å²) < 4.78 is 10.8. The maximum atomic E-state index is 11.3. The lowest BCUT2D eigenvalue weighted by Gasteiger charge is -2.13. The number of hydrogen-bond acceptors (Lipinski definition) is 3. The Kier molecular flexibility index (Phi) is 11.7. The van der Waals surface area contributed by atoms with Gasteiger partial charge in [-0.25, -0.2) is 0 Å². The van der Waals surface area contributed by atoms with E-state index >= 15 is 0 Å². The number of hydrogen-bond donors (Lipinski definition) is 0. The summed E-state index contributed by atoms with van der Waals surface area (Å²) >= 11 is 0. The van der Waals surface area contributed by atoms with Gasteiger partial charge in [-0.2, -0.15) is 0 Å². The zero-order valence-electron chi connectivity index (χ0n) is 16.1. The quantitative estimate of drug-likeness (QED) is 0.436. The molecule has 0 aromatic heterocycles. The van der Waals surface area contributed by atoms with Crippen molar-refractivity contribution in [3.8, 4) is 0 Å². The van der Waals surface area contributed by atoms with Crippen molar-refractivity contribution in [1.82, 2.24) is 0 Å². The molecule has 3 nitrogen and oxygen atoms in total. The van der Waals surface area contributed by atoms with Crippen LogP contribution in [0.2, 0.25) is 0 Å². The molecule has 0 aromatic rings. The Morgan fingerprint density at radius 1 is 0.917 bits per heavy atom. The average Bonchev–Trinajstić information content (AvgIpc) is 3.18. The summed E-state index contributed by atoms with van der Waals surface area (Å²) in [5, 5.41) is 0. The highest BCUT2D eigenvalue weighted by Crippen LogP contribution is 2.33. The van der Waals surface area contributed by atoms with Crippen LogP contribution in [0.25, 0.3) is 0 Å². The summed E-state index contributed by atoms with van der Waals surface area (Å²) in [5.41, 5.74) is 0. The van der Waals surface area contributed by atoms with E-state index in [1.54, 1.807) is 0 Å². The predicted octanol–water partition coefficient (Wildman–Crippen LogP) is 5.46. The third-order valence-corrected chi connectivity index (χ3v) is 3.72. The minimum absolute atomic E-state index is 0.119. The zero-order chi connectivity index (χ0) is 18.5. The molecule has 0 spiro atoms. The lowest BCUT2D eigenvalue weighted by molar-refractivity contribution is -0.140. The van der Waals surface area contributed by atoms with Crippen LogP contribution >= 0.6 is 0 Å². The Hall–Kier alpha value is -1.77. The van der Waals surface area contributed by atoms with Gasteiger partial charge in [0.25, 0.3) is 0 Å². The second-order valence-corrected chi connectivity index (χ2v) is 4.94. The first-order chi connectivity index (χ1) is 11.7. The van der Waals surface area contributed by atoms with Gasteiger partial charge in [0.05, 0.1) is 18.8 Å². The summed E-state index contributed by atoms with van der Waals surface area (Å²) in [7, 11) is 0. The molecule has 3 rings (SSSR count). The third-order valence-electron chi connectivity index (χ3n) is 3.72. The van der Waals surface area contributed by atoms with Gasteiger partial charge in [-0.05, 0) is 6.08 Å². The molecule has 0 aromatic carbocycles. The topological polar surface area (TPSA) is 35.5 Å². The molecule has 3 aliphatic rings. The number of carbonyl (C=O) groups is 1. The highest BCUT2D eigenvalue weighted by atomic mass is 16.5. The Morgan fingerprint density at radius 2 is 1.54 bits per heavy atom. The number of fused-ring (bicyclic) bond motifs is 2. The summed E-state index contributed by atoms with van der Waals surface area (Å²) in [6, 6.07) is 0. The number of esters is 1. The van der Waals surface area contributed by atoms with Crippen LogP contribution in [0.3, 0.4) is 0 Å². The second kappa shape index (κ2) is 12.6. The Balaban J connectivity index is 0.000000798. The third kappa shape index (κ3) is 6.03. The SMILES string of the molecule is C=C1OCC2/C=C/C3OC(=O)CC3/C=C/C=C\C12.CC.CC.CC. The van der Waals surface area contributed by atoms with Crippen LogP contribution in [0, 0.1) is 17.8 Å². The highest BCUT2D eigenvalue weighted by Gasteiger charge is 2.33. The van der Waals surface area contributed by atoms with Gasteiger partial charge in [-0.1, -0.05) is 78.5 Å². The zero-order valence-corrected chi connectivity index (χ0v) is 16.1. The highest BCUT2D eigenvalue weighted by molar-refractivity contribution is 5.73. The lowest BCUT2D eigenvalue weighted by Crippen LogP contribution is -2.14. The van der Waals surface area contributed by atoms with Gasteiger partial charge in [-0.3, -0.25) is 4.79 Å². The molecule has 2 fully saturated rings. The minimum atomic E-state index is -0.130. The van der Waals surface area contributed by atoms with Crippen LogP contribution in [0.4, 0.5) is 0 Å². The molecule has 136 valence electrons. The number of rotatable bonds is 0. The second-order valence-electron chi connectivity index (χ2n) is 4.94. The first-order valence-corrected chi connectivity index (χ1v) is 9.28. The fourth-order valence-electron chi connectivity index (χ4n) is 2.67. The van der Waals surface area contributed by atoms with Gasteiger partial charge in [0, 0.05) is 17.8 Å². The van der Waals surface area contributed by atoms with E-state index in [4.69, 9.17) is 9.47 Å². The smallest absolute Gasteiger partial charge is 0.307 e. The van der Waals surface area contributed by atoms with Crippen molar-refractivity contribution in [1.29, 1.82) is 0 Å². The first-order valence-electron chi connectivity index (χ1n) is 9.28. The van der Waals surface area contributed by atoms with Gasteiger partial charge >= 0.3 is 5.97 Å². The Bertz CT molecular complexity index is 456. The Labute approximate surface area is 148 Å². The predicted molar refractivity (Wildman–Crippen MR) is 102 cm³/mol. The maximum Gasteiger partial charge on any atom is 0.307 e. The van der Waals surface area contributed by atoms with E-state index in [0.29, 0.717) is 18.9 Å². The van der Waals surface area contributed by atoms with Crippen molar-refractivity contribution >= 4 is 5.97 Å². The molecule has 2 saturated heterocycles. The van der Waals surface area contributed by atoms with Crippen LogP contribution in [0.5, 0.6) is 0 Å². The van der Waals surface area contributed by atoms with E-state index in [9.17, 15) is 4.79 Å². The van der Waals surface area contributed by atoms with Crippen LogP contribution in [0.15, 0.2) is 48.8 Å². The molecule has 1 aliphatic carbocycles. The van der Waals surface area contributed by atoms with Gasteiger partial charge in [-0.15, -0.1) is 0 Å². The van der Waals surface area contributed by atoms with Crippen molar-refractivity contribution in [2.45, 2.75) is 54.1 Å². The van der Waals surface area contributed by atoms with E-state index in [1.807, 2.05) is 65.8 Å². The molecule has 3 heteroatoms. The minimum Gasteiger partial charge on any atom is -0.497 e. The van der Waals surface area contributed by atoms with Crippen molar-refractivity contribution in [3.63, 3.8) is 0 Å². The summed E-state index contributed by atoms with van der Waals surface area (Å²) in [6.07, 6.45) is 12.6. The molecule has 24 heavy (non-hydrogen) atoms. The van der Waals surface area contributed by atoms with E-state index in [1.165, 1.54) is 0 Å². The van der Waals surface area contributed by atoms with Gasteiger partial charge in [0.2, 0.25) is 0 Å². The number of carbonyl (C=O) groups excluding carboxylic acids is 1. The molecule has 4 unspecified atom stereocenters. The number of ether oxygens (including phenoxy) is 2. The van der Waals surface area contributed by atoms with Crippen molar-refractivity contribution in [2.75, 3.05) is 6.61 Å². The monoisotopic (exact) mass is 334 g/mol. The van der Waals surface area contributed by atoms with Crippen molar-refractivity contribution in [2.24, 2.45) is 17.8 Å². The van der Waals surface area contributed by atoms with Crippen LogP contribution in [-0.2, 0) is 14.3 Å². The maximum absolute atomic E-state index is 11.3. The molecule has 4 atom stereocenters. The summed E-state index contributed by atoms with van der Waals surface area (Å²) in [6.45, 7) is 16.6. The van der Waals surface area contributed by atoms with E-state index < -0.39 is 0 Å². The molecule has 2 aliphatic heterocycles. The molecular weight excluding hydrogens is 300 g/mol. The van der Waals surface area contributed by atoms with E-state index in [-0.39, 0.29) is 23.9 Å². The molecule has 0 bridgehead atoms.